The van der Waals surface area contributed by atoms with E-state index in [1.165, 1.54) is 0 Å². The van der Waals surface area contributed by atoms with Gasteiger partial charge in [0.1, 0.15) is 11.5 Å². The molecule has 0 bridgehead atoms. The highest BCUT2D eigenvalue weighted by molar-refractivity contribution is 5.64. The number of methoxy groups -OCH3 is 3. The van der Waals surface area contributed by atoms with Crippen molar-refractivity contribution in [3.8, 4) is 11.5 Å². The quantitative estimate of drug-likeness (QED) is 0.696. The lowest BCUT2D eigenvalue weighted by Gasteiger charge is -2.09. The molecule has 0 aromatic heterocycles. The Labute approximate surface area is 115 Å². The second kappa shape index (κ2) is 9.42. The average Bonchev–Trinajstić information content (AvgIpc) is 2.46. The minimum absolute atomic E-state index is 0.740. The van der Waals surface area contributed by atoms with Gasteiger partial charge in [-0.25, -0.2) is 0 Å². The van der Waals surface area contributed by atoms with E-state index >= 15 is 0 Å². The van der Waals surface area contributed by atoms with Crippen LogP contribution >= 0.6 is 0 Å². The summed E-state index contributed by atoms with van der Waals surface area (Å²) in [6.07, 6.45) is 5.10. The van der Waals surface area contributed by atoms with E-state index in [0.717, 1.165) is 43.2 Å². The molecule has 0 amide bonds. The summed E-state index contributed by atoms with van der Waals surface area (Å²) in [5.41, 5.74) is 0.976. The van der Waals surface area contributed by atoms with Crippen molar-refractivity contribution in [2.24, 2.45) is 0 Å². The highest BCUT2D eigenvalue weighted by atomic mass is 16.5. The molecule has 0 aliphatic rings. The van der Waals surface area contributed by atoms with Gasteiger partial charge in [0.2, 0.25) is 0 Å². The summed E-state index contributed by atoms with van der Waals surface area (Å²) in [5, 5.41) is 3.29. The van der Waals surface area contributed by atoms with Crippen LogP contribution in [0.1, 0.15) is 12.0 Å². The van der Waals surface area contributed by atoms with Crippen LogP contribution in [-0.2, 0) is 4.74 Å². The molecule has 0 unspecified atom stereocenters. The van der Waals surface area contributed by atoms with Gasteiger partial charge in [0.25, 0.3) is 0 Å². The molecule has 0 saturated carbocycles. The standard InChI is InChI=1S/C15H23NO3/c1-17-12-11-16-10-5-4-7-13-14(18-2)8-6-9-15(13)19-3/h4,6-9,16H,5,10-12H2,1-3H3/b7-4+. The van der Waals surface area contributed by atoms with E-state index in [1.54, 1.807) is 21.3 Å². The Morgan fingerprint density at radius 2 is 1.74 bits per heavy atom. The normalized spacial score (nSPS) is 10.9. The third-order valence-electron chi connectivity index (χ3n) is 2.72. The van der Waals surface area contributed by atoms with Crippen LogP contribution in [0.15, 0.2) is 24.3 Å². The maximum atomic E-state index is 5.33. The van der Waals surface area contributed by atoms with Crippen molar-refractivity contribution in [2.45, 2.75) is 6.42 Å². The van der Waals surface area contributed by atoms with E-state index < -0.39 is 0 Å². The molecule has 106 valence electrons. The maximum absolute atomic E-state index is 5.33. The zero-order valence-electron chi connectivity index (χ0n) is 11.9. The molecule has 0 aliphatic carbocycles. The van der Waals surface area contributed by atoms with Crippen LogP contribution in [0, 0.1) is 0 Å². The fourth-order valence-corrected chi connectivity index (χ4v) is 1.73. The summed E-state index contributed by atoms with van der Waals surface area (Å²) in [5.74, 6) is 1.64. The summed E-state index contributed by atoms with van der Waals surface area (Å²) >= 11 is 0. The zero-order valence-corrected chi connectivity index (χ0v) is 11.9. The molecule has 1 N–H and O–H groups in total. The molecule has 4 heteroatoms. The minimum atomic E-state index is 0.740. The summed E-state index contributed by atoms with van der Waals surface area (Å²) in [6, 6.07) is 5.78. The molecular weight excluding hydrogens is 242 g/mol. The van der Waals surface area contributed by atoms with Crippen LogP contribution in [0.2, 0.25) is 0 Å². The summed E-state index contributed by atoms with van der Waals surface area (Å²) in [6.45, 7) is 2.55. The molecule has 1 aromatic rings. The van der Waals surface area contributed by atoms with Crippen LogP contribution in [-0.4, -0.2) is 41.0 Å². The Balaban J connectivity index is 2.51. The molecule has 1 aromatic carbocycles. The SMILES string of the molecule is COCCNCC/C=C/c1c(OC)cccc1OC. The second-order valence-electron chi connectivity index (χ2n) is 4.01. The molecule has 0 radical (unpaired) electrons. The van der Waals surface area contributed by atoms with Gasteiger partial charge < -0.3 is 19.5 Å². The Morgan fingerprint density at radius 3 is 2.32 bits per heavy atom. The molecule has 0 heterocycles. The van der Waals surface area contributed by atoms with Gasteiger partial charge in [0.15, 0.2) is 0 Å². The van der Waals surface area contributed by atoms with Gasteiger partial charge in [0, 0.05) is 13.7 Å². The molecule has 19 heavy (non-hydrogen) atoms. The molecule has 0 spiro atoms. The molecule has 0 saturated heterocycles. The maximum Gasteiger partial charge on any atom is 0.129 e. The highest BCUT2D eigenvalue weighted by Gasteiger charge is 2.05. The predicted octanol–water partition coefficient (Wildman–Crippen LogP) is 2.34. The lowest BCUT2D eigenvalue weighted by Crippen LogP contribution is -2.19. The van der Waals surface area contributed by atoms with E-state index in [0.29, 0.717) is 0 Å². The molecule has 0 atom stereocenters. The van der Waals surface area contributed by atoms with Gasteiger partial charge >= 0.3 is 0 Å². The summed E-state index contributed by atoms with van der Waals surface area (Å²) < 4.78 is 15.6. The first-order valence-corrected chi connectivity index (χ1v) is 6.40. The van der Waals surface area contributed by atoms with Crippen molar-refractivity contribution in [1.29, 1.82) is 0 Å². The lowest BCUT2D eigenvalue weighted by atomic mass is 10.1. The number of rotatable bonds is 9. The number of nitrogens with one attached hydrogen (secondary N) is 1. The molecular formula is C15H23NO3. The van der Waals surface area contributed by atoms with E-state index in [9.17, 15) is 0 Å². The van der Waals surface area contributed by atoms with Crippen LogP contribution in [0.5, 0.6) is 11.5 Å². The second-order valence-corrected chi connectivity index (χ2v) is 4.01. The number of ether oxygens (including phenoxy) is 3. The molecule has 1 rings (SSSR count). The van der Waals surface area contributed by atoms with Gasteiger partial charge in [0.05, 0.1) is 26.4 Å². The first-order valence-electron chi connectivity index (χ1n) is 6.40. The molecule has 4 nitrogen and oxygen atoms in total. The lowest BCUT2D eigenvalue weighted by molar-refractivity contribution is 0.199. The monoisotopic (exact) mass is 265 g/mol. The highest BCUT2D eigenvalue weighted by Crippen LogP contribution is 2.29. The van der Waals surface area contributed by atoms with Gasteiger partial charge in [-0.2, -0.15) is 0 Å². The van der Waals surface area contributed by atoms with E-state index in [1.807, 2.05) is 24.3 Å². The van der Waals surface area contributed by atoms with Gasteiger partial charge in [-0.05, 0) is 25.1 Å². The minimum Gasteiger partial charge on any atom is -0.496 e. The Morgan fingerprint density at radius 1 is 1.05 bits per heavy atom. The third kappa shape index (κ3) is 5.32. The van der Waals surface area contributed by atoms with Crippen LogP contribution < -0.4 is 14.8 Å². The predicted molar refractivity (Wildman–Crippen MR) is 77.9 cm³/mol. The topological polar surface area (TPSA) is 39.7 Å². The van der Waals surface area contributed by atoms with Crippen LogP contribution in [0.4, 0.5) is 0 Å². The van der Waals surface area contributed by atoms with E-state index in [-0.39, 0.29) is 0 Å². The van der Waals surface area contributed by atoms with Gasteiger partial charge in [-0.15, -0.1) is 0 Å². The zero-order chi connectivity index (χ0) is 13.9. The van der Waals surface area contributed by atoms with E-state index in [2.05, 4.69) is 11.4 Å². The third-order valence-corrected chi connectivity index (χ3v) is 2.72. The Bertz CT molecular complexity index is 369. The first-order chi connectivity index (χ1) is 9.33. The van der Waals surface area contributed by atoms with Crippen molar-refractivity contribution in [3.05, 3.63) is 29.8 Å². The number of hydrogen-bond donors (Lipinski definition) is 1. The van der Waals surface area contributed by atoms with E-state index in [4.69, 9.17) is 14.2 Å². The smallest absolute Gasteiger partial charge is 0.129 e. The van der Waals surface area contributed by atoms with Crippen LogP contribution in [0.3, 0.4) is 0 Å². The number of benzene rings is 1. The van der Waals surface area contributed by atoms with Gasteiger partial charge in [-0.1, -0.05) is 18.2 Å². The average molecular weight is 265 g/mol. The molecule has 0 aliphatic heterocycles. The fraction of sp³-hybridized carbons (Fsp3) is 0.467. The van der Waals surface area contributed by atoms with Gasteiger partial charge in [-0.3, -0.25) is 0 Å². The first kappa shape index (κ1) is 15.5. The van der Waals surface area contributed by atoms with Crippen LogP contribution in [0.25, 0.3) is 6.08 Å². The van der Waals surface area contributed by atoms with Crippen molar-refractivity contribution in [1.82, 2.24) is 5.32 Å². The summed E-state index contributed by atoms with van der Waals surface area (Å²) in [4.78, 5) is 0. The van der Waals surface area contributed by atoms with Crippen molar-refractivity contribution >= 4 is 6.08 Å². The molecule has 0 fully saturated rings. The number of hydrogen-bond acceptors (Lipinski definition) is 4. The largest absolute Gasteiger partial charge is 0.496 e. The van der Waals surface area contributed by atoms with Crippen molar-refractivity contribution in [2.75, 3.05) is 41.0 Å². The summed E-state index contributed by atoms with van der Waals surface area (Å²) in [7, 11) is 5.03. The fourth-order valence-electron chi connectivity index (χ4n) is 1.73. The Hall–Kier alpha value is -1.52. The Kier molecular flexibility index (Phi) is 7.70. The van der Waals surface area contributed by atoms with Crippen molar-refractivity contribution < 1.29 is 14.2 Å². The van der Waals surface area contributed by atoms with Crippen molar-refractivity contribution in [3.63, 3.8) is 0 Å².